The molecule has 0 unspecified atom stereocenters. The van der Waals surface area contributed by atoms with Crippen molar-refractivity contribution in [3.63, 3.8) is 0 Å². The van der Waals surface area contributed by atoms with Gasteiger partial charge in [-0.1, -0.05) is 56.3 Å². The summed E-state index contributed by atoms with van der Waals surface area (Å²) in [5.74, 6) is -1.23. The predicted octanol–water partition coefficient (Wildman–Crippen LogP) is 4.05. The van der Waals surface area contributed by atoms with E-state index in [9.17, 15) is 19.2 Å². The van der Waals surface area contributed by atoms with Gasteiger partial charge in [-0.25, -0.2) is 0 Å². The number of carbonyl (C=O) groups is 4. The lowest BCUT2D eigenvalue weighted by Crippen LogP contribution is -2.31. The fourth-order valence-electron chi connectivity index (χ4n) is 3.80. The van der Waals surface area contributed by atoms with Crippen LogP contribution in [0.15, 0.2) is 72.8 Å². The van der Waals surface area contributed by atoms with Crippen molar-refractivity contribution in [1.82, 2.24) is 10.2 Å². The molecule has 0 saturated carbocycles. The summed E-state index contributed by atoms with van der Waals surface area (Å²) >= 11 is 0. The molecule has 4 amide bonds. The first-order valence-electron chi connectivity index (χ1n) is 11.6. The van der Waals surface area contributed by atoms with E-state index in [1.165, 1.54) is 11.0 Å². The van der Waals surface area contributed by atoms with Gasteiger partial charge in [-0.3, -0.25) is 24.1 Å². The average molecular weight is 470 g/mol. The maximum Gasteiger partial charge on any atom is 0.261 e. The third-order valence-electron chi connectivity index (χ3n) is 5.90. The molecule has 0 aliphatic carbocycles. The van der Waals surface area contributed by atoms with Crippen molar-refractivity contribution in [2.24, 2.45) is 5.92 Å². The van der Waals surface area contributed by atoms with Crippen LogP contribution in [-0.2, 0) is 17.8 Å². The molecule has 7 heteroatoms. The van der Waals surface area contributed by atoms with Gasteiger partial charge >= 0.3 is 0 Å². The standard InChI is InChI=1S/C28H27N3O4/c1-18(2)25(32)30-22-11-8-20(9-12-22)17-29-26(33)21-10-13-23-24(16-21)28(35)31(27(23)34)15-14-19-6-4-3-5-7-19/h3-13,16,18H,14-15,17H2,1-2H3,(H,29,33)(H,30,32). The Balaban J connectivity index is 1.37. The molecular weight excluding hydrogens is 442 g/mol. The number of amides is 4. The van der Waals surface area contributed by atoms with Crippen molar-refractivity contribution in [1.29, 1.82) is 0 Å². The van der Waals surface area contributed by atoms with Crippen LogP contribution in [0.25, 0.3) is 0 Å². The second-order valence-corrected chi connectivity index (χ2v) is 8.78. The molecule has 35 heavy (non-hydrogen) atoms. The Labute approximate surface area is 204 Å². The number of nitrogens with zero attached hydrogens (tertiary/aromatic N) is 1. The van der Waals surface area contributed by atoms with Gasteiger partial charge in [0.05, 0.1) is 11.1 Å². The highest BCUT2D eigenvalue weighted by Gasteiger charge is 2.35. The zero-order valence-electron chi connectivity index (χ0n) is 19.7. The number of benzene rings is 3. The SMILES string of the molecule is CC(C)C(=O)Nc1ccc(CNC(=O)c2ccc3c(c2)C(=O)N(CCc2ccccc2)C3=O)cc1. The largest absolute Gasteiger partial charge is 0.348 e. The van der Waals surface area contributed by atoms with E-state index in [2.05, 4.69) is 10.6 Å². The Morgan fingerprint density at radius 3 is 2.20 bits per heavy atom. The Morgan fingerprint density at radius 1 is 0.829 bits per heavy atom. The average Bonchev–Trinajstić information content (AvgIpc) is 3.11. The predicted molar refractivity (Wildman–Crippen MR) is 133 cm³/mol. The maximum absolute atomic E-state index is 12.9. The molecule has 0 fully saturated rings. The first kappa shape index (κ1) is 23.9. The lowest BCUT2D eigenvalue weighted by Gasteiger charge is -2.13. The van der Waals surface area contributed by atoms with Crippen LogP contribution in [0.2, 0.25) is 0 Å². The molecule has 0 spiro atoms. The molecule has 1 aliphatic heterocycles. The summed E-state index contributed by atoms with van der Waals surface area (Å²) in [6.45, 7) is 4.21. The van der Waals surface area contributed by atoms with E-state index in [-0.39, 0.29) is 48.2 Å². The Hall–Kier alpha value is -4.26. The van der Waals surface area contributed by atoms with Gasteiger partial charge in [-0.05, 0) is 47.9 Å². The summed E-state index contributed by atoms with van der Waals surface area (Å²) in [6.07, 6.45) is 0.569. The monoisotopic (exact) mass is 469 g/mol. The Morgan fingerprint density at radius 2 is 1.51 bits per heavy atom. The second-order valence-electron chi connectivity index (χ2n) is 8.78. The van der Waals surface area contributed by atoms with Crippen molar-refractivity contribution < 1.29 is 19.2 Å². The molecule has 0 bridgehead atoms. The zero-order chi connectivity index (χ0) is 24.9. The molecular formula is C28H27N3O4. The van der Waals surface area contributed by atoms with E-state index in [1.54, 1.807) is 24.3 Å². The van der Waals surface area contributed by atoms with E-state index in [1.807, 2.05) is 56.3 Å². The minimum absolute atomic E-state index is 0.0608. The van der Waals surface area contributed by atoms with Gasteiger partial charge in [0.15, 0.2) is 0 Å². The number of anilines is 1. The van der Waals surface area contributed by atoms with Crippen LogP contribution < -0.4 is 10.6 Å². The number of hydrogen-bond donors (Lipinski definition) is 2. The van der Waals surface area contributed by atoms with Crippen LogP contribution in [0.5, 0.6) is 0 Å². The van der Waals surface area contributed by atoms with Crippen LogP contribution in [0.3, 0.4) is 0 Å². The molecule has 0 radical (unpaired) electrons. The smallest absolute Gasteiger partial charge is 0.261 e. The second kappa shape index (κ2) is 10.3. The fraction of sp³-hybridized carbons (Fsp3) is 0.214. The van der Waals surface area contributed by atoms with Crippen molar-refractivity contribution in [3.8, 4) is 0 Å². The summed E-state index contributed by atoms with van der Waals surface area (Å²) in [6, 6.07) is 21.5. The summed E-state index contributed by atoms with van der Waals surface area (Å²) in [4.78, 5) is 51.3. The molecule has 0 aromatic heterocycles. The molecule has 178 valence electrons. The van der Waals surface area contributed by atoms with Gasteiger partial charge < -0.3 is 10.6 Å². The van der Waals surface area contributed by atoms with Crippen LogP contribution >= 0.6 is 0 Å². The maximum atomic E-state index is 12.9. The molecule has 3 aromatic carbocycles. The van der Waals surface area contributed by atoms with Crippen LogP contribution in [0.4, 0.5) is 5.69 Å². The minimum atomic E-state index is -0.380. The lowest BCUT2D eigenvalue weighted by atomic mass is 10.1. The van der Waals surface area contributed by atoms with E-state index in [4.69, 9.17) is 0 Å². The third-order valence-corrected chi connectivity index (χ3v) is 5.90. The summed E-state index contributed by atoms with van der Waals surface area (Å²) < 4.78 is 0. The molecule has 1 aliphatic rings. The molecule has 7 nitrogen and oxygen atoms in total. The van der Waals surface area contributed by atoms with Crippen molar-refractivity contribution in [2.45, 2.75) is 26.8 Å². The molecule has 0 saturated heterocycles. The van der Waals surface area contributed by atoms with Gasteiger partial charge in [0, 0.05) is 30.3 Å². The zero-order valence-corrected chi connectivity index (χ0v) is 19.7. The molecule has 2 N–H and O–H groups in total. The molecule has 4 rings (SSSR count). The normalized spacial score (nSPS) is 12.6. The van der Waals surface area contributed by atoms with Gasteiger partial charge in [-0.2, -0.15) is 0 Å². The highest BCUT2D eigenvalue weighted by atomic mass is 16.2. The first-order valence-corrected chi connectivity index (χ1v) is 11.6. The Kier molecular flexibility index (Phi) is 7.06. The topological polar surface area (TPSA) is 95.6 Å². The first-order chi connectivity index (χ1) is 16.8. The highest BCUT2D eigenvalue weighted by Crippen LogP contribution is 2.24. The fourth-order valence-corrected chi connectivity index (χ4v) is 3.80. The molecule has 1 heterocycles. The van der Waals surface area contributed by atoms with Crippen LogP contribution in [-0.4, -0.2) is 35.1 Å². The van der Waals surface area contributed by atoms with Crippen LogP contribution in [0, 0.1) is 5.92 Å². The summed E-state index contributed by atoms with van der Waals surface area (Å²) in [5.41, 5.74) is 3.48. The lowest BCUT2D eigenvalue weighted by molar-refractivity contribution is -0.118. The number of hydrogen-bond acceptors (Lipinski definition) is 4. The van der Waals surface area contributed by atoms with Crippen molar-refractivity contribution in [2.75, 3.05) is 11.9 Å². The van der Waals surface area contributed by atoms with E-state index >= 15 is 0 Å². The summed E-state index contributed by atoms with van der Waals surface area (Å²) in [7, 11) is 0. The Bertz CT molecular complexity index is 1270. The summed E-state index contributed by atoms with van der Waals surface area (Å²) in [5, 5.41) is 5.66. The van der Waals surface area contributed by atoms with E-state index in [0.29, 0.717) is 23.2 Å². The number of nitrogens with one attached hydrogen (secondary N) is 2. The van der Waals surface area contributed by atoms with Crippen molar-refractivity contribution in [3.05, 3.63) is 101 Å². The number of rotatable bonds is 8. The third kappa shape index (κ3) is 5.46. The van der Waals surface area contributed by atoms with Gasteiger partial charge in [0.1, 0.15) is 0 Å². The quantitative estimate of drug-likeness (QED) is 0.487. The van der Waals surface area contributed by atoms with Gasteiger partial charge in [0.25, 0.3) is 17.7 Å². The highest BCUT2D eigenvalue weighted by molar-refractivity contribution is 6.22. The van der Waals surface area contributed by atoms with Gasteiger partial charge in [0.2, 0.25) is 5.91 Å². The number of carbonyl (C=O) groups excluding carboxylic acids is 4. The van der Waals surface area contributed by atoms with Gasteiger partial charge in [-0.15, -0.1) is 0 Å². The molecule has 3 aromatic rings. The van der Waals surface area contributed by atoms with Crippen molar-refractivity contribution >= 4 is 29.3 Å². The number of imide groups is 1. The van der Waals surface area contributed by atoms with Crippen LogP contribution in [0.1, 0.15) is 56.0 Å². The number of fused-ring (bicyclic) bond motifs is 1. The van der Waals surface area contributed by atoms with E-state index in [0.717, 1.165) is 11.1 Å². The van der Waals surface area contributed by atoms with E-state index < -0.39 is 0 Å². The molecule has 0 atom stereocenters. The minimum Gasteiger partial charge on any atom is -0.348 e.